The number of ether oxygens (including phenoxy) is 2. The van der Waals surface area contributed by atoms with Crippen LogP contribution in [0.25, 0.3) is 0 Å². The largest absolute Gasteiger partial charge is 0.444 e. The Morgan fingerprint density at radius 2 is 1.18 bits per heavy atom. The van der Waals surface area contributed by atoms with E-state index in [2.05, 4.69) is 17.2 Å². The summed E-state index contributed by atoms with van der Waals surface area (Å²) in [5.74, 6) is 7.79. The Bertz CT molecular complexity index is 1070. The van der Waals surface area contributed by atoms with Crippen molar-refractivity contribution in [2.75, 3.05) is 39.3 Å². The molecule has 3 heterocycles. The zero-order chi connectivity index (χ0) is 33.1. The fraction of sp³-hybridized carbons (Fsp3) is 0.667. The van der Waals surface area contributed by atoms with Crippen LogP contribution in [0.1, 0.15) is 87.9 Å². The lowest BCUT2D eigenvalue weighted by molar-refractivity contribution is -0.107. The number of fused-ring (bicyclic) bond motifs is 1. The summed E-state index contributed by atoms with van der Waals surface area (Å²) in [6, 6.07) is 6.69. The van der Waals surface area contributed by atoms with Crippen LogP contribution in [0.4, 0.5) is 9.59 Å². The second-order valence-corrected chi connectivity index (χ2v) is 12.9. The number of amides is 4. The van der Waals surface area contributed by atoms with Gasteiger partial charge in [0.2, 0.25) is 0 Å². The van der Waals surface area contributed by atoms with Crippen molar-refractivity contribution in [1.29, 1.82) is 0 Å². The minimum Gasteiger partial charge on any atom is -0.444 e. The molecule has 2 fully saturated rings. The van der Waals surface area contributed by atoms with Crippen LogP contribution in [-0.4, -0.2) is 94.6 Å². The number of hydrogen-bond acceptors (Lipinski definition) is 11. The average Bonchev–Trinajstić information content (AvgIpc) is 3.21. The Morgan fingerprint density at radius 1 is 0.795 bits per heavy atom. The molecule has 3 aliphatic rings. The molecule has 3 aliphatic heterocycles. The molecule has 6 N–H and O–H groups in total. The van der Waals surface area contributed by atoms with E-state index < -0.39 is 23.0 Å². The van der Waals surface area contributed by atoms with Crippen molar-refractivity contribution in [3.63, 3.8) is 0 Å². The van der Waals surface area contributed by atoms with Crippen molar-refractivity contribution < 1.29 is 38.7 Å². The molecule has 248 valence electrons. The Balaban J connectivity index is 0.000000323. The molecule has 0 unspecified atom stereocenters. The third-order valence-corrected chi connectivity index (χ3v) is 7.11. The van der Waals surface area contributed by atoms with E-state index in [1.54, 1.807) is 34.1 Å². The molecule has 1 aromatic carbocycles. The van der Waals surface area contributed by atoms with Crippen LogP contribution >= 0.6 is 0 Å². The van der Waals surface area contributed by atoms with Crippen molar-refractivity contribution in [2.45, 2.75) is 78.4 Å². The van der Waals surface area contributed by atoms with Crippen LogP contribution in [0.3, 0.4) is 0 Å². The minimum atomic E-state index is -0.511. The molecule has 0 radical (unpaired) electrons. The lowest BCUT2D eigenvalue weighted by Gasteiger charge is -2.33. The quantitative estimate of drug-likeness (QED) is 0.214. The highest BCUT2D eigenvalue weighted by atomic mass is 16.7. The monoisotopic (exact) mass is 622 g/mol. The van der Waals surface area contributed by atoms with Gasteiger partial charge in [0, 0.05) is 32.7 Å². The van der Waals surface area contributed by atoms with Gasteiger partial charge in [0.15, 0.2) is 0 Å². The summed E-state index contributed by atoms with van der Waals surface area (Å²) in [6.45, 7) is 14.6. The van der Waals surface area contributed by atoms with E-state index in [1.807, 2.05) is 41.5 Å². The highest BCUT2D eigenvalue weighted by Crippen LogP contribution is 2.25. The van der Waals surface area contributed by atoms with Gasteiger partial charge in [0.25, 0.3) is 11.8 Å². The molecule has 0 spiro atoms. The highest BCUT2D eigenvalue weighted by Gasteiger charge is 2.37. The van der Waals surface area contributed by atoms with Crippen LogP contribution in [0, 0.1) is 11.8 Å². The van der Waals surface area contributed by atoms with Crippen LogP contribution in [0.2, 0.25) is 0 Å². The standard InChI is InChI=1S/C19H24N2O5.C11H22N2O3.H4N2/c1-19(2,3)26-18(24)20-10-8-13(9-11-20)12-25-21-16(22)14-6-4-5-7-15(14)17(21)23;1-11(2,3)16-10(14)13-6-4-9(5-7-13)8-12-15;1-2/h4-7,13H,8-12H2,1-3H3;9,12,15H,4-8H2,1-3H3;1-2H2. The van der Waals surface area contributed by atoms with E-state index in [0.717, 1.165) is 30.7 Å². The van der Waals surface area contributed by atoms with Gasteiger partial charge in [-0.3, -0.25) is 26.1 Å². The summed E-state index contributed by atoms with van der Waals surface area (Å²) in [4.78, 5) is 57.3. The number of hydroxylamine groups is 3. The Hall–Kier alpha value is -3.30. The second-order valence-electron chi connectivity index (χ2n) is 12.9. The van der Waals surface area contributed by atoms with Gasteiger partial charge in [0.1, 0.15) is 11.2 Å². The van der Waals surface area contributed by atoms with Crippen LogP contribution in [-0.2, 0) is 14.3 Å². The zero-order valence-electron chi connectivity index (χ0n) is 26.8. The first-order valence-corrected chi connectivity index (χ1v) is 15.0. The number of benzene rings is 1. The third-order valence-electron chi connectivity index (χ3n) is 7.11. The van der Waals surface area contributed by atoms with E-state index in [9.17, 15) is 19.2 Å². The van der Waals surface area contributed by atoms with Gasteiger partial charge in [-0.2, -0.15) is 0 Å². The number of rotatable bonds is 5. The van der Waals surface area contributed by atoms with Gasteiger partial charge in [0.05, 0.1) is 17.7 Å². The number of imide groups is 1. The lowest BCUT2D eigenvalue weighted by atomic mass is 9.97. The number of piperidine rings is 2. The summed E-state index contributed by atoms with van der Waals surface area (Å²) < 4.78 is 10.7. The Morgan fingerprint density at radius 3 is 1.55 bits per heavy atom. The van der Waals surface area contributed by atoms with Gasteiger partial charge >= 0.3 is 12.2 Å². The maximum Gasteiger partial charge on any atom is 0.410 e. The number of hydrazine groups is 1. The van der Waals surface area contributed by atoms with Crippen molar-refractivity contribution in [1.82, 2.24) is 20.3 Å². The second kappa shape index (κ2) is 16.7. The fourth-order valence-corrected chi connectivity index (χ4v) is 4.85. The van der Waals surface area contributed by atoms with E-state index in [1.165, 1.54) is 0 Å². The highest BCUT2D eigenvalue weighted by molar-refractivity contribution is 6.20. The molecule has 0 saturated carbocycles. The number of nitrogens with two attached hydrogens (primary N) is 2. The first-order chi connectivity index (χ1) is 20.7. The minimum absolute atomic E-state index is 0.179. The molecule has 0 bridgehead atoms. The Labute approximate surface area is 259 Å². The molecule has 0 aliphatic carbocycles. The maximum atomic E-state index is 12.3. The summed E-state index contributed by atoms with van der Waals surface area (Å²) in [5.41, 5.74) is 1.99. The van der Waals surface area contributed by atoms with Gasteiger partial charge in [-0.05, 0) is 91.2 Å². The van der Waals surface area contributed by atoms with Crippen molar-refractivity contribution in [3.05, 3.63) is 35.4 Å². The van der Waals surface area contributed by atoms with Crippen LogP contribution < -0.4 is 17.2 Å². The first-order valence-electron chi connectivity index (χ1n) is 15.0. The van der Waals surface area contributed by atoms with Crippen molar-refractivity contribution in [3.8, 4) is 0 Å². The van der Waals surface area contributed by atoms with E-state index >= 15 is 0 Å². The molecule has 2 saturated heterocycles. The molecule has 0 aromatic heterocycles. The molecule has 0 atom stereocenters. The molecule has 44 heavy (non-hydrogen) atoms. The van der Waals surface area contributed by atoms with E-state index in [4.69, 9.17) is 19.5 Å². The first kappa shape index (κ1) is 36.9. The summed E-state index contributed by atoms with van der Waals surface area (Å²) in [7, 11) is 0. The van der Waals surface area contributed by atoms with E-state index in [0.29, 0.717) is 49.8 Å². The molecular weight excluding hydrogens is 572 g/mol. The predicted molar refractivity (Wildman–Crippen MR) is 162 cm³/mol. The van der Waals surface area contributed by atoms with Crippen molar-refractivity contribution >= 4 is 24.0 Å². The van der Waals surface area contributed by atoms with E-state index in [-0.39, 0.29) is 24.7 Å². The van der Waals surface area contributed by atoms with Gasteiger partial charge in [-0.25, -0.2) is 15.1 Å². The number of likely N-dealkylation sites (tertiary alicyclic amines) is 2. The number of nitrogens with zero attached hydrogens (tertiary/aromatic N) is 3. The topological polar surface area (TPSA) is 190 Å². The summed E-state index contributed by atoms with van der Waals surface area (Å²) >= 11 is 0. The molecule has 4 amide bonds. The SMILES string of the molecule is CC(C)(C)OC(=O)N1CCC(CNO)CC1.CC(C)(C)OC(=O)N1CCC(CON2C(=O)c3ccccc3C2=O)CC1.NN. The summed E-state index contributed by atoms with van der Waals surface area (Å²) in [6.07, 6.45) is 2.75. The number of carbonyl (C=O) groups is 4. The van der Waals surface area contributed by atoms with Gasteiger partial charge in [-0.1, -0.05) is 12.1 Å². The molecule has 4 rings (SSSR count). The summed E-state index contributed by atoms with van der Waals surface area (Å²) in [5, 5.41) is 9.44. The van der Waals surface area contributed by atoms with Crippen molar-refractivity contribution in [2.24, 2.45) is 23.5 Å². The fourth-order valence-electron chi connectivity index (χ4n) is 4.85. The van der Waals surface area contributed by atoms with Crippen LogP contribution in [0.5, 0.6) is 0 Å². The average molecular weight is 623 g/mol. The van der Waals surface area contributed by atoms with Gasteiger partial charge in [-0.15, -0.1) is 5.06 Å². The number of carbonyl (C=O) groups excluding carboxylic acids is 4. The smallest absolute Gasteiger partial charge is 0.410 e. The maximum absolute atomic E-state index is 12.3. The Kier molecular flexibility index (Phi) is 14.0. The molecule has 14 nitrogen and oxygen atoms in total. The predicted octanol–water partition coefficient (Wildman–Crippen LogP) is 3.29. The molecular formula is C30H50N6O8. The molecule has 1 aromatic rings. The third kappa shape index (κ3) is 11.3. The van der Waals surface area contributed by atoms with Crippen LogP contribution in [0.15, 0.2) is 24.3 Å². The number of hydrogen-bond donors (Lipinski definition) is 4. The number of nitrogens with one attached hydrogen (secondary N) is 1. The molecule has 14 heteroatoms. The van der Waals surface area contributed by atoms with Gasteiger partial charge < -0.3 is 24.5 Å². The normalized spacial score (nSPS) is 17.7. The zero-order valence-corrected chi connectivity index (χ0v) is 26.8. The lowest BCUT2D eigenvalue weighted by Crippen LogP contribution is -2.43.